The van der Waals surface area contributed by atoms with Crippen molar-refractivity contribution in [2.45, 2.75) is 32.4 Å². The van der Waals surface area contributed by atoms with Gasteiger partial charge in [-0.3, -0.25) is 5.10 Å². The highest BCUT2D eigenvalue weighted by atomic mass is 35.5. The zero-order valence-electron chi connectivity index (χ0n) is 12.6. The maximum atomic E-state index is 6.22. The number of aromatic amines is 1. The van der Waals surface area contributed by atoms with Crippen LogP contribution >= 0.6 is 11.6 Å². The fraction of sp³-hybridized carbons (Fsp3) is 0.467. The molecule has 1 aromatic carbocycles. The van der Waals surface area contributed by atoms with Gasteiger partial charge in [-0.25, -0.2) is 0 Å². The van der Waals surface area contributed by atoms with Gasteiger partial charge in [0.2, 0.25) is 5.95 Å². The van der Waals surface area contributed by atoms with E-state index in [1.54, 1.807) is 0 Å². The van der Waals surface area contributed by atoms with Crippen LogP contribution in [0.25, 0.3) is 0 Å². The standard InChI is InChI=1S/C15H21ClN6/c1-10-2-3-12(8-13(10)16)22-6-4-11(5-7-22)18-9-14-19-15(17)21-20-14/h2-3,8,11,18H,4-7,9H2,1H3,(H3,17,19,20,21). The van der Waals surface area contributed by atoms with Crippen LogP contribution in [0, 0.1) is 6.92 Å². The molecule has 1 aromatic heterocycles. The van der Waals surface area contributed by atoms with Crippen molar-refractivity contribution in [3.8, 4) is 0 Å². The molecule has 22 heavy (non-hydrogen) atoms. The maximum Gasteiger partial charge on any atom is 0.239 e. The van der Waals surface area contributed by atoms with Gasteiger partial charge in [0.1, 0.15) is 5.82 Å². The Hall–Kier alpha value is -1.79. The number of nitrogen functional groups attached to an aromatic ring is 1. The number of rotatable bonds is 4. The number of anilines is 2. The Kier molecular flexibility index (Phi) is 4.49. The van der Waals surface area contributed by atoms with Crippen LogP contribution in [0.5, 0.6) is 0 Å². The summed E-state index contributed by atoms with van der Waals surface area (Å²) in [4.78, 5) is 6.48. The van der Waals surface area contributed by atoms with Crippen molar-refractivity contribution < 1.29 is 0 Å². The molecule has 118 valence electrons. The van der Waals surface area contributed by atoms with Gasteiger partial charge in [0.25, 0.3) is 0 Å². The van der Waals surface area contributed by atoms with E-state index in [0.29, 0.717) is 18.5 Å². The zero-order chi connectivity index (χ0) is 15.5. The van der Waals surface area contributed by atoms with E-state index < -0.39 is 0 Å². The number of hydrogen-bond donors (Lipinski definition) is 3. The molecule has 0 aliphatic carbocycles. The summed E-state index contributed by atoms with van der Waals surface area (Å²) in [6, 6.07) is 6.77. The SMILES string of the molecule is Cc1ccc(N2CCC(NCc3nc(N)n[nH]3)CC2)cc1Cl. The smallest absolute Gasteiger partial charge is 0.239 e. The first-order valence-corrected chi connectivity index (χ1v) is 7.91. The number of halogens is 1. The van der Waals surface area contributed by atoms with Gasteiger partial charge in [0, 0.05) is 29.8 Å². The molecule has 0 spiro atoms. The van der Waals surface area contributed by atoms with E-state index in [-0.39, 0.29) is 0 Å². The third-order valence-electron chi connectivity index (χ3n) is 4.12. The maximum absolute atomic E-state index is 6.22. The van der Waals surface area contributed by atoms with Crippen molar-refractivity contribution in [1.29, 1.82) is 0 Å². The third kappa shape index (κ3) is 3.51. The van der Waals surface area contributed by atoms with E-state index in [1.807, 2.05) is 6.92 Å². The van der Waals surface area contributed by atoms with E-state index >= 15 is 0 Å². The average molecular weight is 321 g/mol. The number of benzene rings is 1. The number of piperidine rings is 1. The summed E-state index contributed by atoms with van der Waals surface area (Å²) in [5, 5.41) is 11.0. The normalized spacial score (nSPS) is 16.2. The molecule has 3 rings (SSSR count). The van der Waals surface area contributed by atoms with Crippen LogP contribution in [0.15, 0.2) is 18.2 Å². The highest BCUT2D eigenvalue weighted by Gasteiger charge is 2.19. The number of nitrogens with one attached hydrogen (secondary N) is 2. The monoisotopic (exact) mass is 320 g/mol. The lowest BCUT2D eigenvalue weighted by molar-refractivity contribution is 0.410. The first-order chi connectivity index (χ1) is 10.6. The number of nitrogens with two attached hydrogens (primary N) is 1. The molecule has 1 fully saturated rings. The molecule has 0 unspecified atom stereocenters. The van der Waals surface area contributed by atoms with Crippen molar-refractivity contribution in [1.82, 2.24) is 20.5 Å². The van der Waals surface area contributed by atoms with Crippen LogP contribution in [0.4, 0.5) is 11.6 Å². The zero-order valence-corrected chi connectivity index (χ0v) is 13.4. The minimum absolute atomic E-state index is 0.294. The van der Waals surface area contributed by atoms with Crippen molar-refractivity contribution in [3.63, 3.8) is 0 Å². The van der Waals surface area contributed by atoms with Gasteiger partial charge < -0.3 is 16.0 Å². The predicted octanol–water partition coefficient (Wildman–Crippen LogP) is 2.11. The average Bonchev–Trinajstić information content (AvgIpc) is 2.94. The number of hydrogen-bond acceptors (Lipinski definition) is 5. The molecule has 0 amide bonds. The van der Waals surface area contributed by atoms with E-state index in [4.69, 9.17) is 17.3 Å². The second kappa shape index (κ2) is 6.54. The molecular formula is C15H21ClN6. The molecule has 2 aromatic rings. The van der Waals surface area contributed by atoms with Crippen LogP contribution in [-0.4, -0.2) is 34.3 Å². The molecule has 0 bridgehead atoms. The number of aryl methyl sites for hydroxylation is 1. The summed E-state index contributed by atoms with van der Waals surface area (Å²) in [6.07, 6.45) is 2.18. The van der Waals surface area contributed by atoms with Gasteiger partial charge in [0.05, 0.1) is 6.54 Å². The Balaban J connectivity index is 1.50. The molecule has 7 heteroatoms. The van der Waals surface area contributed by atoms with E-state index in [2.05, 4.69) is 43.6 Å². The van der Waals surface area contributed by atoms with E-state index in [0.717, 1.165) is 42.3 Å². The summed E-state index contributed by atoms with van der Waals surface area (Å²) in [6.45, 7) is 4.74. The van der Waals surface area contributed by atoms with E-state index in [1.165, 1.54) is 5.69 Å². The third-order valence-corrected chi connectivity index (χ3v) is 4.53. The molecule has 1 aliphatic rings. The van der Waals surface area contributed by atoms with Crippen LogP contribution < -0.4 is 16.0 Å². The van der Waals surface area contributed by atoms with Crippen LogP contribution in [0.1, 0.15) is 24.2 Å². The minimum atomic E-state index is 0.294. The topological polar surface area (TPSA) is 82.9 Å². The van der Waals surface area contributed by atoms with Crippen LogP contribution in [0.3, 0.4) is 0 Å². The second-order valence-corrected chi connectivity index (χ2v) is 6.12. The molecule has 6 nitrogen and oxygen atoms in total. The Morgan fingerprint density at radius 2 is 2.18 bits per heavy atom. The lowest BCUT2D eigenvalue weighted by Gasteiger charge is -2.34. The summed E-state index contributed by atoms with van der Waals surface area (Å²) in [5.74, 6) is 1.08. The Labute approximate surface area is 135 Å². The number of nitrogens with zero attached hydrogens (tertiary/aromatic N) is 3. The quantitative estimate of drug-likeness (QED) is 0.803. The van der Waals surface area contributed by atoms with Crippen LogP contribution in [0.2, 0.25) is 5.02 Å². The Bertz CT molecular complexity index is 633. The summed E-state index contributed by atoms with van der Waals surface area (Å²) in [5.41, 5.74) is 7.82. The first kappa shape index (κ1) is 15.1. The Morgan fingerprint density at radius 3 is 2.82 bits per heavy atom. The highest BCUT2D eigenvalue weighted by molar-refractivity contribution is 6.31. The van der Waals surface area contributed by atoms with Gasteiger partial charge in [-0.2, -0.15) is 4.98 Å². The van der Waals surface area contributed by atoms with Gasteiger partial charge in [-0.1, -0.05) is 17.7 Å². The largest absolute Gasteiger partial charge is 0.371 e. The molecule has 0 saturated carbocycles. The van der Waals surface area contributed by atoms with Gasteiger partial charge in [-0.05, 0) is 37.5 Å². The molecule has 1 saturated heterocycles. The fourth-order valence-electron chi connectivity index (χ4n) is 2.75. The summed E-state index contributed by atoms with van der Waals surface area (Å²) >= 11 is 6.22. The molecule has 1 aliphatic heterocycles. The van der Waals surface area contributed by atoms with Crippen LogP contribution in [-0.2, 0) is 6.54 Å². The van der Waals surface area contributed by atoms with Crippen molar-refractivity contribution in [3.05, 3.63) is 34.6 Å². The molecule has 0 radical (unpaired) electrons. The molecule has 0 atom stereocenters. The first-order valence-electron chi connectivity index (χ1n) is 7.53. The van der Waals surface area contributed by atoms with Crippen molar-refractivity contribution in [2.75, 3.05) is 23.7 Å². The van der Waals surface area contributed by atoms with Gasteiger partial charge in [-0.15, -0.1) is 5.10 Å². The summed E-state index contributed by atoms with van der Waals surface area (Å²) < 4.78 is 0. The molecular weight excluding hydrogens is 300 g/mol. The minimum Gasteiger partial charge on any atom is -0.371 e. The predicted molar refractivity (Wildman–Crippen MR) is 89.1 cm³/mol. The molecule has 4 N–H and O–H groups in total. The lowest BCUT2D eigenvalue weighted by atomic mass is 10.0. The van der Waals surface area contributed by atoms with Crippen molar-refractivity contribution in [2.24, 2.45) is 0 Å². The number of aromatic nitrogens is 3. The van der Waals surface area contributed by atoms with E-state index in [9.17, 15) is 0 Å². The Morgan fingerprint density at radius 1 is 1.41 bits per heavy atom. The van der Waals surface area contributed by atoms with Crippen molar-refractivity contribution >= 4 is 23.2 Å². The molecule has 2 heterocycles. The lowest BCUT2D eigenvalue weighted by Crippen LogP contribution is -2.42. The van der Waals surface area contributed by atoms with Gasteiger partial charge in [0.15, 0.2) is 0 Å². The second-order valence-electron chi connectivity index (χ2n) is 5.72. The summed E-state index contributed by atoms with van der Waals surface area (Å²) in [7, 11) is 0. The van der Waals surface area contributed by atoms with Gasteiger partial charge >= 0.3 is 0 Å². The fourth-order valence-corrected chi connectivity index (χ4v) is 2.93. The number of H-pyrrole nitrogens is 1. The highest BCUT2D eigenvalue weighted by Crippen LogP contribution is 2.25.